The van der Waals surface area contributed by atoms with E-state index < -0.39 is 22.0 Å². The number of carbonyl (C=O) groups is 1. The molecule has 0 radical (unpaired) electrons. The topological polar surface area (TPSA) is 92.6 Å². The first-order valence-corrected chi connectivity index (χ1v) is 15.4. The maximum atomic E-state index is 13.1. The summed E-state index contributed by atoms with van der Waals surface area (Å²) in [7, 11) is -3.87. The lowest BCUT2D eigenvalue weighted by Gasteiger charge is -2.18. The largest absolute Gasteiger partial charge is 0.342 e. The molecular formula is C32H28Cl2N4O3S. The number of amides is 1. The zero-order valence-corrected chi connectivity index (χ0v) is 25.0. The number of aromatic nitrogens is 1. The van der Waals surface area contributed by atoms with Crippen molar-refractivity contribution in [2.75, 3.05) is 0 Å². The third kappa shape index (κ3) is 7.09. The smallest absolute Gasteiger partial charge is 0.242 e. The summed E-state index contributed by atoms with van der Waals surface area (Å²) >= 11 is 12.5. The Labute approximate surface area is 254 Å². The zero-order valence-electron chi connectivity index (χ0n) is 22.7. The van der Waals surface area contributed by atoms with E-state index in [1.807, 2.05) is 49.5 Å². The lowest BCUT2D eigenvalue weighted by Crippen LogP contribution is -2.32. The van der Waals surface area contributed by atoms with Gasteiger partial charge in [0.25, 0.3) is 0 Å². The standard InChI is InChI=1S/C32H28Cl2N4O3S/c1-22-11-15-27(16-12-22)42(40,41)37-30(23-7-3-2-4-8-23)18-32(39)36-35-19-25-21-38(31-10-6-5-9-28(25)31)20-24-13-14-26(33)17-29(24)34/h2-17,19,21,30,37H,18,20H2,1H3,(H,36,39)/b35-19-/t30-/m1/s1. The van der Waals surface area contributed by atoms with Gasteiger partial charge in [-0.15, -0.1) is 0 Å². The highest BCUT2D eigenvalue weighted by molar-refractivity contribution is 7.89. The summed E-state index contributed by atoms with van der Waals surface area (Å²) in [5.74, 6) is -0.441. The van der Waals surface area contributed by atoms with Crippen molar-refractivity contribution in [3.05, 3.63) is 136 Å². The number of benzene rings is 4. The Morgan fingerprint density at radius 1 is 0.952 bits per heavy atom. The van der Waals surface area contributed by atoms with Crippen molar-refractivity contribution in [1.29, 1.82) is 0 Å². The second-order valence-electron chi connectivity index (χ2n) is 9.86. The van der Waals surface area contributed by atoms with Crippen molar-refractivity contribution >= 4 is 56.2 Å². The molecule has 0 fully saturated rings. The number of rotatable bonds is 10. The molecule has 10 heteroatoms. The van der Waals surface area contributed by atoms with Gasteiger partial charge in [-0.1, -0.05) is 95.5 Å². The maximum absolute atomic E-state index is 13.1. The average Bonchev–Trinajstić information content (AvgIpc) is 3.32. The SMILES string of the molecule is Cc1ccc(S(=O)(=O)N[C@H](CC(=O)N/N=C\c2cn(Cc3ccc(Cl)cc3Cl)c3ccccc23)c2ccccc2)cc1. The molecular weight excluding hydrogens is 591 g/mol. The van der Waals surface area contributed by atoms with Crippen LogP contribution in [-0.4, -0.2) is 25.1 Å². The van der Waals surface area contributed by atoms with E-state index in [1.54, 1.807) is 66.9 Å². The molecule has 0 aliphatic heterocycles. The maximum Gasteiger partial charge on any atom is 0.242 e. The molecule has 0 bridgehead atoms. The first kappa shape index (κ1) is 29.5. The fraction of sp³-hybridized carbons (Fsp3) is 0.125. The molecule has 1 aromatic heterocycles. The molecule has 1 amide bonds. The van der Waals surface area contributed by atoms with Crippen LogP contribution in [-0.2, 0) is 21.4 Å². The molecule has 214 valence electrons. The number of halogens is 2. The number of nitrogens with zero attached hydrogens (tertiary/aromatic N) is 2. The molecule has 0 saturated heterocycles. The number of aryl methyl sites for hydroxylation is 1. The normalized spacial score (nSPS) is 12.5. The highest BCUT2D eigenvalue weighted by Gasteiger charge is 2.23. The molecule has 0 unspecified atom stereocenters. The van der Waals surface area contributed by atoms with Crippen LogP contribution in [0.5, 0.6) is 0 Å². The molecule has 7 nitrogen and oxygen atoms in total. The number of hydrogen-bond acceptors (Lipinski definition) is 4. The minimum atomic E-state index is -3.87. The van der Waals surface area contributed by atoms with Gasteiger partial charge < -0.3 is 4.57 Å². The molecule has 1 atom stereocenters. The van der Waals surface area contributed by atoms with Crippen LogP contribution in [0, 0.1) is 6.92 Å². The predicted octanol–water partition coefficient (Wildman–Crippen LogP) is 6.86. The summed E-state index contributed by atoms with van der Waals surface area (Å²) in [4.78, 5) is 13.1. The van der Waals surface area contributed by atoms with E-state index in [0.717, 1.165) is 27.6 Å². The minimum Gasteiger partial charge on any atom is -0.342 e. The fourth-order valence-corrected chi connectivity index (χ4v) is 6.33. The van der Waals surface area contributed by atoms with Crippen molar-refractivity contribution < 1.29 is 13.2 Å². The molecule has 5 aromatic rings. The molecule has 2 N–H and O–H groups in total. The van der Waals surface area contributed by atoms with Crippen LogP contribution in [0.4, 0.5) is 0 Å². The summed E-state index contributed by atoms with van der Waals surface area (Å²) in [5.41, 5.74) is 6.86. The third-order valence-electron chi connectivity index (χ3n) is 6.79. The summed E-state index contributed by atoms with van der Waals surface area (Å²) < 4.78 is 31.0. The van der Waals surface area contributed by atoms with Crippen LogP contribution in [0.1, 0.15) is 34.7 Å². The Morgan fingerprint density at radius 3 is 2.40 bits per heavy atom. The van der Waals surface area contributed by atoms with Crippen LogP contribution in [0.25, 0.3) is 10.9 Å². The van der Waals surface area contributed by atoms with E-state index in [-0.39, 0.29) is 11.3 Å². The molecule has 0 spiro atoms. The number of para-hydroxylation sites is 1. The molecule has 0 aliphatic rings. The number of hydrogen-bond donors (Lipinski definition) is 2. The van der Waals surface area contributed by atoms with Crippen molar-refractivity contribution in [3.8, 4) is 0 Å². The summed E-state index contributed by atoms with van der Waals surface area (Å²) in [5, 5.41) is 6.30. The third-order valence-corrected chi connectivity index (χ3v) is 8.86. The first-order chi connectivity index (χ1) is 20.2. The molecule has 5 rings (SSSR count). The molecule has 0 saturated carbocycles. The van der Waals surface area contributed by atoms with E-state index >= 15 is 0 Å². The van der Waals surface area contributed by atoms with Gasteiger partial charge in [-0.2, -0.15) is 5.10 Å². The minimum absolute atomic E-state index is 0.128. The molecule has 4 aromatic carbocycles. The second kappa shape index (κ2) is 12.9. The van der Waals surface area contributed by atoms with Gasteiger partial charge in [0.05, 0.1) is 17.2 Å². The molecule has 42 heavy (non-hydrogen) atoms. The van der Waals surface area contributed by atoms with Crippen molar-refractivity contribution in [1.82, 2.24) is 14.7 Å². The number of carbonyl (C=O) groups excluding carboxylic acids is 1. The van der Waals surface area contributed by atoms with Crippen LogP contribution in [0.15, 0.2) is 113 Å². The van der Waals surface area contributed by atoms with Gasteiger partial charge >= 0.3 is 0 Å². The Hall–Kier alpha value is -3.95. The molecule has 1 heterocycles. The Bertz CT molecular complexity index is 1850. The van der Waals surface area contributed by atoms with Gasteiger partial charge in [0.2, 0.25) is 15.9 Å². The lowest BCUT2D eigenvalue weighted by atomic mass is 10.0. The molecule has 0 aliphatic carbocycles. The van der Waals surface area contributed by atoms with Gasteiger partial charge in [-0.3, -0.25) is 4.79 Å². The highest BCUT2D eigenvalue weighted by Crippen LogP contribution is 2.26. The number of nitrogens with one attached hydrogen (secondary N) is 2. The first-order valence-electron chi connectivity index (χ1n) is 13.2. The van der Waals surface area contributed by atoms with Gasteiger partial charge in [-0.05, 0) is 48.4 Å². The van der Waals surface area contributed by atoms with Crippen molar-refractivity contribution in [2.45, 2.75) is 30.8 Å². The predicted molar refractivity (Wildman–Crippen MR) is 169 cm³/mol. The highest BCUT2D eigenvalue weighted by atomic mass is 35.5. The van der Waals surface area contributed by atoms with E-state index in [0.29, 0.717) is 22.2 Å². The summed E-state index contributed by atoms with van der Waals surface area (Å²) in [6.07, 6.45) is 3.37. The number of sulfonamides is 1. The average molecular weight is 620 g/mol. The van der Waals surface area contributed by atoms with Crippen molar-refractivity contribution in [3.63, 3.8) is 0 Å². The van der Waals surface area contributed by atoms with Gasteiger partial charge in [-0.25, -0.2) is 18.6 Å². The summed E-state index contributed by atoms with van der Waals surface area (Å²) in [6.45, 7) is 2.41. The zero-order chi connectivity index (χ0) is 29.7. The summed E-state index contributed by atoms with van der Waals surface area (Å²) in [6, 6.07) is 28.0. The monoisotopic (exact) mass is 618 g/mol. The Morgan fingerprint density at radius 2 is 1.67 bits per heavy atom. The number of hydrazone groups is 1. The van der Waals surface area contributed by atoms with Crippen LogP contribution < -0.4 is 10.1 Å². The van der Waals surface area contributed by atoms with Crippen LogP contribution in [0.2, 0.25) is 10.0 Å². The lowest BCUT2D eigenvalue weighted by molar-refractivity contribution is -0.121. The quantitative estimate of drug-likeness (QED) is 0.132. The second-order valence-corrected chi connectivity index (χ2v) is 12.4. The van der Waals surface area contributed by atoms with Gasteiger partial charge in [0.15, 0.2) is 0 Å². The van der Waals surface area contributed by atoms with Crippen LogP contribution >= 0.6 is 23.2 Å². The van der Waals surface area contributed by atoms with E-state index in [4.69, 9.17) is 23.2 Å². The van der Waals surface area contributed by atoms with Gasteiger partial charge in [0, 0.05) is 45.7 Å². The Balaban J connectivity index is 1.32. The van der Waals surface area contributed by atoms with E-state index in [9.17, 15) is 13.2 Å². The fourth-order valence-electron chi connectivity index (χ4n) is 4.63. The van der Waals surface area contributed by atoms with Crippen LogP contribution in [0.3, 0.4) is 0 Å². The van der Waals surface area contributed by atoms with Gasteiger partial charge in [0.1, 0.15) is 0 Å². The van der Waals surface area contributed by atoms with E-state index in [2.05, 4.69) is 19.8 Å². The number of fused-ring (bicyclic) bond motifs is 1. The van der Waals surface area contributed by atoms with Crippen molar-refractivity contribution in [2.24, 2.45) is 5.10 Å². The Kier molecular flexibility index (Phi) is 9.09. The van der Waals surface area contributed by atoms with E-state index in [1.165, 1.54) is 0 Å².